The lowest BCUT2D eigenvalue weighted by atomic mass is 9.99. The zero-order valence-corrected chi connectivity index (χ0v) is 18.8. The Hall–Kier alpha value is -4.18. The summed E-state index contributed by atoms with van der Waals surface area (Å²) in [6, 6.07) is 20.2. The number of nitrogen functional groups attached to an aromatic ring is 1. The molecule has 5 aromatic rings. The van der Waals surface area contributed by atoms with E-state index in [9.17, 15) is 8.42 Å². The van der Waals surface area contributed by atoms with Gasteiger partial charge in [0, 0.05) is 5.39 Å². The van der Waals surface area contributed by atoms with Crippen molar-refractivity contribution in [3.63, 3.8) is 0 Å². The second-order valence-corrected chi connectivity index (χ2v) is 10.1. The van der Waals surface area contributed by atoms with Gasteiger partial charge < -0.3 is 11.1 Å². The third kappa shape index (κ3) is 3.30. The molecule has 0 saturated carbocycles. The van der Waals surface area contributed by atoms with Crippen LogP contribution < -0.4 is 15.4 Å². The molecule has 0 bridgehead atoms. The fourth-order valence-corrected chi connectivity index (χ4v) is 6.34. The van der Waals surface area contributed by atoms with E-state index in [2.05, 4.69) is 25.5 Å². The Balaban J connectivity index is 1.43. The highest BCUT2D eigenvalue weighted by Crippen LogP contribution is 2.35. The average Bonchev–Trinajstić information content (AvgIpc) is 3.32. The minimum absolute atomic E-state index is 0.107. The van der Waals surface area contributed by atoms with Crippen molar-refractivity contribution in [3.8, 4) is 0 Å². The Morgan fingerprint density at radius 1 is 0.971 bits per heavy atom. The van der Waals surface area contributed by atoms with Crippen LogP contribution in [-0.2, 0) is 16.4 Å². The first kappa shape index (κ1) is 20.4. The van der Waals surface area contributed by atoms with E-state index in [1.165, 1.54) is 4.31 Å². The van der Waals surface area contributed by atoms with Gasteiger partial charge in [-0.05, 0) is 29.5 Å². The van der Waals surface area contributed by atoms with Gasteiger partial charge in [-0.15, -0.1) is 0 Å². The van der Waals surface area contributed by atoms with Crippen molar-refractivity contribution in [3.05, 3.63) is 78.5 Å². The van der Waals surface area contributed by atoms with E-state index >= 15 is 0 Å². The lowest BCUT2D eigenvalue weighted by Crippen LogP contribution is -2.45. The second-order valence-electron chi connectivity index (χ2n) is 8.25. The molecule has 10 heteroatoms. The summed E-state index contributed by atoms with van der Waals surface area (Å²) >= 11 is 0. The van der Waals surface area contributed by atoms with Gasteiger partial charge in [0.1, 0.15) is 5.82 Å². The number of nitrogens with zero attached hydrogens (tertiary/aromatic N) is 4. The molecule has 3 heterocycles. The van der Waals surface area contributed by atoms with E-state index in [-0.39, 0.29) is 23.4 Å². The van der Waals surface area contributed by atoms with Gasteiger partial charge in [-0.3, -0.25) is 9.40 Å². The first-order valence-electron chi connectivity index (χ1n) is 10.8. The number of benzene rings is 3. The molecule has 2 aromatic heterocycles. The standard InChI is InChI=1S/C24H21N7O2S/c25-24-28-22(19-13-26-30-23(19)29-24)27-17-12-16-7-2-4-10-20(16)31(14-17)34(32,33)21-11-5-8-15-6-1-3-9-18(15)21/h1-11,13,17H,12,14H2,(H4,25,26,27,28,29,30). The summed E-state index contributed by atoms with van der Waals surface area (Å²) in [5.74, 6) is 0.624. The van der Waals surface area contributed by atoms with Gasteiger partial charge in [0.15, 0.2) is 5.65 Å². The third-order valence-corrected chi connectivity index (χ3v) is 7.94. The molecule has 3 aromatic carbocycles. The van der Waals surface area contributed by atoms with E-state index in [0.717, 1.165) is 10.9 Å². The summed E-state index contributed by atoms with van der Waals surface area (Å²) in [5.41, 5.74) is 8.01. The number of hydrogen-bond acceptors (Lipinski definition) is 7. The van der Waals surface area contributed by atoms with Crippen LogP contribution in [0.1, 0.15) is 5.56 Å². The van der Waals surface area contributed by atoms with Gasteiger partial charge in [-0.1, -0.05) is 54.6 Å². The van der Waals surface area contributed by atoms with Crippen LogP contribution in [-0.4, -0.2) is 41.2 Å². The Bertz CT molecular complexity index is 1640. The van der Waals surface area contributed by atoms with Crippen LogP contribution in [0.15, 0.2) is 77.8 Å². The highest BCUT2D eigenvalue weighted by Gasteiger charge is 2.34. The maximum Gasteiger partial charge on any atom is 0.265 e. The number of rotatable bonds is 4. The minimum atomic E-state index is -3.85. The summed E-state index contributed by atoms with van der Waals surface area (Å²) in [6.45, 7) is 0.228. The van der Waals surface area contributed by atoms with Crippen LogP contribution in [0.25, 0.3) is 21.8 Å². The number of para-hydroxylation sites is 1. The number of hydrogen-bond donors (Lipinski definition) is 3. The van der Waals surface area contributed by atoms with E-state index < -0.39 is 10.0 Å². The van der Waals surface area contributed by atoms with Gasteiger partial charge in [0.05, 0.1) is 34.8 Å². The zero-order valence-electron chi connectivity index (χ0n) is 18.0. The third-order valence-electron chi connectivity index (χ3n) is 6.10. The van der Waals surface area contributed by atoms with Gasteiger partial charge >= 0.3 is 0 Å². The summed E-state index contributed by atoms with van der Waals surface area (Å²) in [7, 11) is -3.85. The van der Waals surface area contributed by atoms with E-state index in [1.807, 2.05) is 54.6 Å². The smallest absolute Gasteiger partial charge is 0.265 e. The van der Waals surface area contributed by atoms with E-state index in [0.29, 0.717) is 34.3 Å². The number of sulfonamides is 1. The summed E-state index contributed by atoms with van der Waals surface area (Å²) < 4.78 is 29.5. The molecule has 6 rings (SSSR count). The van der Waals surface area contributed by atoms with Crippen molar-refractivity contribution < 1.29 is 8.42 Å². The summed E-state index contributed by atoms with van der Waals surface area (Å²) in [6.07, 6.45) is 2.25. The van der Waals surface area contributed by atoms with Crippen LogP contribution >= 0.6 is 0 Å². The van der Waals surface area contributed by atoms with Crippen LogP contribution in [0.2, 0.25) is 0 Å². The Morgan fingerprint density at radius 3 is 2.68 bits per heavy atom. The predicted molar refractivity (Wildman–Crippen MR) is 132 cm³/mol. The lowest BCUT2D eigenvalue weighted by Gasteiger charge is -2.36. The fraction of sp³-hybridized carbons (Fsp3) is 0.125. The molecule has 0 aliphatic carbocycles. The van der Waals surface area contributed by atoms with Crippen LogP contribution in [0.5, 0.6) is 0 Å². The molecule has 4 N–H and O–H groups in total. The van der Waals surface area contributed by atoms with E-state index in [1.54, 1.807) is 18.3 Å². The Morgan fingerprint density at radius 2 is 1.76 bits per heavy atom. The zero-order chi connectivity index (χ0) is 23.3. The number of aromatic nitrogens is 4. The van der Waals surface area contributed by atoms with Gasteiger partial charge in [0.25, 0.3) is 10.0 Å². The molecule has 1 unspecified atom stereocenters. The number of anilines is 3. The number of nitrogens with one attached hydrogen (secondary N) is 2. The molecule has 0 spiro atoms. The molecule has 0 fully saturated rings. The van der Waals surface area contributed by atoms with Crippen molar-refractivity contribution in [1.82, 2.24) is 20.2 Å². The maximum absolute atomic E-state index is 14.0. The van der Waals surface area contributed by atoms with Crippen molar-refractivity contribution in [2.45, 2.75) is 17.4 Å². The van der Waals surface area contributed by atoms with Crippen LogP contribution in [0, 0.1) is 0 Å². The molecular formula is C24H21N7O2S. The van der Waals surface area contributed by atoms with Gasteiger partial charge in [-0.25, -0.2) is 8.42 Å². The lowest BCUT2D eigenvalue weighted by molar-refractivity contribution is 0.581. The van der Waals surface area contributed by atoms with Crippen molar-refractivity contribution in [2.24, 2.45) is 0 Å². The Kier molecular flexibility index (Phi) is 4.63. The summed E-state index contributed by atoms with van der Waals surface area (Å²) in [4.78, 5) is 8.77. The molecule has 1 atom stereocenters. The normalized spacial score (nSPS) is 16.0. The largest absolute Gasteiger partial charge is 0.368 e. The molecule has 0 amide bonds. The van der Waals surface area contributed by atoms with E-state index in [4.69, 9.17) is 5.73 Å². The fourth-order valence-electron chi connectivity index (χ4n) is 4.57. The minimum Gasteiger partial charge on any atom is -0.368 e. The van der Waals surface area contributed by atoms with Crippen molar-refractivity contribution in [1.29, 1.82) is 0 Å². The van der Waals surface area contributed by atoms with Crippen LogP contribution in [0.3, 0.4) is 0 Å². The number of H-pyrrole nitrogens is 1. The SMILES string of the molecule is Nc1nc(NC2Cc3ccccc3N(S(=O)(=O)c3cccc4ccccc34)C2)c2cn[nH]c2n1. The van der Waals surface area contributed by atoms with Gasteiger partial charge in [0.2, 0.25) is 5.95 Å². The number of aromatic amines is 1. The highest BCUT2D eigenvalue weighted by molar-refractivity contribution is 7.93. The topological polar surface area (TPSA) is 130 Å². The highest BCUT2D eigenvalue weighted by atomic mass is 32.2. The first-order chi connectivity index (χ1) is 16.5. The second kappa shape index (κ2) is 7.70. The quantitative estimate of drug-likeness (QED) is 0.367. The number of nitrogens with two attached hydrogens (primary N) is 1. The molecule has 34 heavy (non-hydrogen) atoms. The van der Waals surface area contributed by atoms with Gasteiger partial charge in [-0.2, -0.15) is 15.1 Å². The molecule has 170 valence electrons. The molecular weight excluding hydrogens is 450 g/mol. The predicted octanol–water partition coefficient (Wildman–Crippen LogP) is 3.32. The van der Waals surface area contributed by atoms with Crippen molar-refractivity contribution >= 4 is 49.3 Å². The first-order valence-corrected chi connectivity index (χ1v) is 12.3. The monoisotopic (exact) mass is 471 g/mol. The van der Waals surface area contributed by atoms with Crippen molar-refractivity contribution in [2.75, 3.05) is 21.9 Å². The average molecular weight is 472 g/mol. The maximum atomic E-state index is 14.0. The summed E-state index contributed by atoms with van der Waals surface area (Å²) in [5, 5.41) is 12.5. The van der Waals surface area contributed by atoms with Crippen LogP contribution in [0.4, 0.5) is 17.5 Å². The molecule has 1 aliphatic rings. The molecule has 1 aliphatic heterocycles. The molecule has 9 nitrogen and oxygen atoms in total. The number of fused-ring (bicyclic) bond motifs is 3. The molecule has 0 saturated heterocycles. The Labute approximate surface area is 195 Å². The molecule has 0 radical (unpaired) electrons.